The fraction of sp³-hybridized carbons (Fsp3) is 0.241. The normalized spacial score (nSPS) is 12.0. The van der Waals surface area contributed by atoms with E-state index in [0.29, 0.717) is 11.0 Å². The number of thioether (sulfide) groups is 1. The Kier molecular flexibility index (Phi) is 7.49. The van der Waals surface area contributed by atoms with Crippen molar-refractivity contribution in [3.8, 4) is 16.3 Å². The number of carbonyl (C=O) groups excluding carboxylic acids is 1. The van der Waals surface area contributed by atoms with Crippen LogP contribution in [-0.2, 0) is 11.8 Å². The van der Waals surface area contributed by atoms with Crippen molar-refractivity contribution >= 4 is 44.9 Å². The topological polar surface area (TPSA) is 81.9 Å². The Balaban J connectivity index is 1.17. The number of amides is 1. The summed E-state index contributed by atoms with van der Waals surface area (Å²) in [5.74, 6) is 1.60. The van der Waals surface area contributed by atoms with Crippen LogP contribution in [0, 0.1) is 20.8 Å². The zero-order valence-electron chi connectivity index (χ0n) is 22.0. The number of carbonyl (C=O) groups is 1. The Hall–Kier alpha value is -3.69. The number of thiazole rings is 1. The molecule has 2 heterocycles. The van der Waals surface area contributed by atoms with E-state index in [4.69, 9.17) is 9.72 Å². The highest BCUT2D eigenvalue weighted by atomic mass is 32.2. The molecule has 2 aromatic heterocycles. The zero-order chi connectivity index (χ0) is 26.8. The van der Waals surface area contributed by atoms with Gasteiger partial charge in [-0.05, 0) is 92.9 Å². The van der Waals surface area contributed by atoms with Crippen molar-refractivity contribution in [2.24, 2.45) is 7.05 Å². The largest absolute Gasteiger partial charge is 0.483 e. The molecule has 38 heavy (non-hydrogen) atoms. The highest BCUT2D eigenvalue weighted by molar-refractivity contribution is 7.99. The molecule has 0 aliphatic heterocycles. The average Bonchev–Trinajstić information content (AvgIpc) is 3.48. The summed E-state index contributed by atoms with van der Waals surface area (Å²) in [5, 5.41) is 13.2. The molecule has 0 fully saturated rings. The lowest BCUT2D eigenvalue weighted by Crippen LogP contribution is -2.14. The molecule has 0 spiro atoms. The molecule has 1 atom stereocenters. The van der Waals surface area contributed by atoms with Gasteiger partial charge in [0.25, 0.3) is 0 Å². The van der Waals surface area contributed by atoms with E-state index in [1.54, 1.807) is 11.3 Å². The Morgan fingerprint density at radius 2 is 1.82 bits per heavy atom. The Morgan fingerprint density at radius 3 is 2.58 bits per heavy atom. The summed E-state index contributed by atoms with van der Waals surface area (Å²) in [5.41, 5.74) is 6.39. The van der Waals surface area contributed by atoms with E-state index in [0.717, 1.165) is 27.5 Å². The Bertz CT molecular complexity index is 1610. The third-order valence-corrected chi connectivity index (χ3v) is 8.40. The molecule has 1 N–H and O–H groups in total. The quantitative estimate of drug-likeness (QED) is 0.215. The molecule has 0 aliphatic rings. The summed E-state index contributed by atoms with van der Waals surface area (Å²) in [6.45, 7) is 8.16. The van der Waals surface area contributed by atoms with Crippen LogP contribution in [0.4, 0.5) is 5.69 Å². The van der Waals surface area contributed by atoms with E-state index < -0.39 is 0 Å². The van der Waals surface area contributed by atoms with Crippen LogP contribution in [0.1, 0.15) is 35.5 Å². The molecule has 0 radical (unpaired) electrons. The standard InChI is InChI=1S/C29H29N5O2S2/c1-17-6-13-24-25(14-17)38-28(31-24)21-8-10-22(11-9-21)30-26(35)16-37-29-33-32-27(34(29)5)20(4)36-23-12-7-18(2)19(3)15-23/h6-15,20H,16H2,1-5H3,(H,30,35). The molecule has 194 valence electrons. The number of aromatic nitrogens is 4. The lowest BCUT2D eigenvalue weighted by atomic mass is 10.1. The van der Waals surface area contributed by atoms with Crippen LogP contribution in [-0.4, -0.2) is 31.4 Å². The minimum absolute atomic E-state index is 0.109. The molecule has 1 amide bonds. The third-order valence-electron chi connectivity index (χ3n) is 6.32. The lowest BCUT2D eigenvalue weighted by molar-refractivity contribution is -0.113. The minimum Gasteiger partial charge on any atom is -0.483 e. The van der Waals surface area contributed by atoms with Crippen LogP contribution in [0.2, 0.25) is 0 Å². The monoisotopic (exact) mass is 543 g/mol. The number of anilines is 1. The average molecular weight is 544 g/mol. The third kappa shape index (κ3) is 5.74. The molecule has 0 saturated heterocycles. The van der Waals surface area contributed by atoms with Gasteiger partial charge in [-0.1, -0.05) is 23.9 Å². The maximum atomic E-state index is 12.6. The summed E-state index contributed by atoms with van der Waals surface area (Å²) in [4.78, 5) is 17.4. The van der Waals surface area contributed by atoms with E-state index in [1.165, 1.54) is 33.2 Å². The van der Waals surface area contributed by atoms with E-state index in [9.17, 15) is 4.79 Å². The molecule has 0 saturated carbocycles. The first kappa shape index (κ1) is 25.9. The number of hydrogen-bond donors (Lipinski definition) is 1. The van der Waals surface area contributed by atoms with Crippen LogP contribution >= 0.6 is 23.1 Å². The van der Waals surface area contributed by atoms with Crippen LogP contribution < -0.4 is 10.1 Å². The number of benzene rings is 3. The van der Waals surface area contributed by atoms with Crippen molar-refractivity contribution in [3.05, 3.63) is 83.2 Å². The maximum Gasteiger partial charge on any atom is 0.234 e. The van der Waals surface area contributed by atoms with Gasteiger partial charge in [-0.3, -0.25) is 4.79 Å². The van der Waals surface area contributed by atoms with Gasteiger partial charge < -0.3 is 14.6 Å². The van der Waals surface area contributed by atoms with Crippen molar-refractivity contribution in [2.75, 3.05) is 11.1 Å². The van der Waals surface area contributed by atoms with Gasteiger partial charge in [0.15, 0.2) is 17.1 Å². The van der Waals surface area contributed by atoms with Crippen molar-refractivity contribution in [1.82, 2.24) is 19.7 Å². The summed E-state index contributed by atoms with van der Waals surface area (Å²) in [6, 6.07) is 20.1. The van der Waals surface area contributed by atoms with E-state index in [2.05, 4.69) is 54.5 Å². The number of fused-ring (bicyclic) bond motifs is 1. The lowest BCUT2D eigenvalue weighted by Gasteiger charge is -2.15. The van der Waals surface area contributed by atoms with Crippen LogP contribution in [0.25, 0.3) is 20.8 Å². The zero-order valence-corrected chi connectivity index (χ0v) is 23.6. The van der Waals surface area contributed by atoms with E-state index >= 15 is 0 Å². The number of ether oxygens (including phenoxy) is 1. The number of rotatable bonds is 8. The van der Waals surface area contributed by atoms with Gasteiger partial charge >= 0.3 is 0 Å². The molecule has 7 nitrogen and oxygen atoms in total. The predicted octanol–water partition coefficient (Wildman–Crippen LogP) is 6.89. The highest BCUT2D eigenvalue weighted by Crippen LogP contribution is 2.31. The van der Waals surface area contributed by atoms with Crippen LogP contribution in [0.3, 0.4) is 0 Å². The summed E-state index contributed by atoms with van der Waals surface area (Å²) < 4.78 is 9.13. The number of aryl methyl sites for hydroxylation is 3. The van der Waals surface area contributed by atoms with Crippen molar-refractivity contribution in [2.45, 2.75) is 39.0 Å². The minimum atomic E-state index is -0.282. The first-order valence-corrected chi connectivity index (χ1v) is 14.1. The maximum absolute atomic E-state index is 12.6. The smallest absolute Gasteiger partial charge is 0.234 e. The molecular formula is C29H29N5O2S2. The van der Waals surface area contributed by atoms with Gasteiger partial charge in [-0.25, -0.2) is 4.98 Å². The van der Waals surface area contributed by atoms with E-state index in [1.807, 2.05) is 61.0 Å². The molecular weight excluding hydrogens is 514 g/mol. The molecule has 5 aromatic rings. The van der Waals surface area contributed by atoms with Crippen LogP contribution in [0.5, 0.6) is 5.75 Å². The highest BCUT2D eigenvalue weighted by Gasteiger charge is 2.18. The molecule has 1 unspecified atom stereocenters. The predicted molar refractivity (Wildman–Crippen MR) is 155 cm³/mol. The summed E-state index contributed by atoms with van der Waals surface area (Å²) in [6.07, 6.45) is -0.282. The first-order valence-electron chi connectivity index (χ1n) is 12.3. The second kappa shape index (κ2) is 11.0. The van der Waals surface area contributed by atoms with Gasteiger partial charge in [0.1, 0.15) is 10.8 Å². The van der Waals surface area contributed by atoms with Gasteiger partial charge in [0.05, 0.1) is 16.0 Å². The van der Waals surface area contributed by atoms with Crippen LogP contribution in [0.15, 0.2) is 65.8 Å². The molecule has 9 heteroatoms. The molecule has 0 bridgehead atoms. The van der Waals surface area contributed by atoms with Crippen molar-refractivity contribution in [3.63, 3.8) is 0 Å². The van der Waals surface area contributed by atoms with Gasteiger partial charge in [-0.15, -0.1) is 21.5 Å². The fourth-order valence-electron chi connectivity index (χ4n) is 4.03. The van der Waals surface area contributed by atoms with Crippen molar-refractivity contribution in [1.29, 1.82) is 0 Å². The Morgan fingerprint density at radius 1 is 1.03 bits per heavy atom. The summed E-state index contributed by atoms with van der Waals surface area (Å²) in [7, 11) is 1.89. The van der Waals surface area contributed by atoms with E-state index in [-0.39, 0.29) is 17.8 Å². The second-order valence-corrected chi connectivity index (χ2v) is 11.3. The molecule has 5 rings (SSSR count). The second-order valence-electron chi connectivity index (χ2n) is 9.31. The number of hydrogen-bond acceptors (Lipinski definition) is 7. The molecule has 3 aromatic carbocycles. The SMILES string of the molecule is Cc1ccc2nc(-c3ccc(NC(=O)CSc4nnc(C(C)Oc5ccc(C)c(C)c5)n4C)cc3)sc2c1. The van der Waals surface area contributed by atoms with Gasteiger partial charge in [-0.2, -0.15) is 0 Å². The van der Waals surface area contributed by atoms with Gasteiger partial charge in [0, 0.05) is 18.3 Å². The van der Waals surface area contributed by atoms with Crippen molar-refractivity contribution < 1.29 is 9.53 Å². The van der Waals surface area contributed by atoms with Gasteiger partial charge in [0.2, 0.25) is 5.91 Å². The first-order chi connectivity index (χ1) is 18.3. The number of nitrogens with one attached hydrogen (secondary N) is 1. The Labute approximate surface area is 230 Å². The fourth-order valence-corrected chi connectivity index (χ4v) is 5.82. The molecule has 0 aliphatic carbocycles. The summed E-state index contributed by atoms with van der Waals surface area (Å²) >= 11 is 3.01. The number of nitrogens with zero attached hydrogens (tertiary/aromatic N) is 4.